The molecule has 0 saturated carbocycles. The standard InChI is InChI=1S/C12H10BrClN2O/c1-7-5-9(3-4-10(7)13)17-11-8(2)6-15-12(14)16-11/h3-6H,1-2H3. The summed E-state index contributed by atoms with van der Waals surface area (Å²) in [6.07, 6.45) is 1.64. The zero-order valence-corrected chi connectivity index (χ0v) is 11.7. The second kappa shape index (κ2) is 5.02. The van der Waals surface area contributed by atoms with E-state index in [-0.39, 0.29) is 5.28 Å². The lowest BCUT2D eigenvalue weighted by Gasteiger charge is -2.08. The SMILES string of the molecule is Cc1cc(Oc2nc(Cl)ncc2C)ccc1Br. The monoisotopic (exact) mass is 312 g/mol. The fraction of sp³-hybridized carbons (Fsp3) is 0.167. The number of aromatic nitrogens is 2. The van der Waals surface area contributed by atoms with E-state index in [0.717, 1.165) is 21.3 Å². The van der Waals surface area contributed by atoms with Gasteiger partial charge in [0.1, 0.15) is 5.75 Å². The first kappa shape index (κ1) is 12.3. The molecule has 0 radical (unpaired) electrons. The Balaban J connectivity index is 2.31. The Hall–Kier alpha value is -1.13. The minimum atomic E-state index is 0.180. The summed E-state index contributed by atoms with van der Waals surface area (Å²) in [6, 6.07) is 5.73. The third kappa shape index (κ3) is 2.96. The molecule has 88 valence electrons. The highest BCUT2D eigenvalue weighted by atomic mass is 79.9. The van der Waals surface area contributed by atoms with Crippen molar-refractivity contribution in [3.63, 3.8) is 0 Å². The number of halogens is 2. The van der Waals surface area contributed by atoms with Crippen molar-refractivity contribution in [3.05, 3.63) is 45.3 Å². The minimum absolute atomic E-state index is 0.180. The number of rotatable bonds is 2. The Morgan fingerprint density at radius 2 is 2.00 bits per heavy atom. The van der Waals surface area contributed by atoms with Crippen LogP contribution in [0.2, 0.25) is 5.28 Å². The van der Waals surface area contributed by atoms with E-state index < -0.39 is 0 Å². The van der Waals surface area contributed by atoms with Crippen molar-refractivity contribution in [1.29, 1.82) is 0 Å². The van der Waals surface area contributed by atoms with Gasteiger partial charge in [-0.3, -0.25) is 0 Å². The van der Waals surface area contributed by atoms with Crippen molar-refractivity contribution in [2.75, 3.05) is 0 Å². The van der Waals surface area contributed by atoms with Crippen LogP contribution >= 0.6 is 27.5 Å². The van der Waals surface area contributed by atoms with Crippen molar-refractivity contribution in [2.24, 2.45) is 0 Å². The average Bonchev–Trinajstić information content (AvgIpc) is 2.29. The first-order valence-electron chi connectivity index (χ1n) is 4.99. The van der Waals surface area contributed by atoms with Gasteiger partial charge in [0.15, 0.2) is 0 Å². The van der Waals surface area contributed by atoms with Crippen molar-refractivity contribution < 1.29 is 4.74 Å². The molecule has 0 aliphatic rings. The van der Waals surface area contributed by atoms with Gasteiger partial charge in [0.2, 0.25) is 11.2 Å². The molecule has 0 saturated heterocycles. The van der Waals surface area contributed by atoms with Gasteiger partial charge in [-0.25, -0.2) is 4.98 Å². The van der Waals surface area contributed by atoms with Crippen LogP contribution in [-0.2, 0) is 0 Å². The maximum atomic E-state index is 5.73. The number of nitrogens with zero attached hydrogens (tertiary/aromatic N) is 2. The van der Waals surface area contributed by atoms with Crippen LogP contribution in [0.25, 0.3) is 0 Å². The highest BCUT2D eigenvalue weighted by Gasteiger charge is 2.06. The molecule has 5 heteroatoms. The van der Waals surface area contributed by atoms with E-state index >= 15 is 0 Å². The summed E-state index contributed by atoms with van der Waals surface area (Å²) in [5, 5.41) is 0.180. The lowest BCUT2D eigenvalue weighted by molar-refractivity contribution is 0.457. The van der Waals surface area contributed by atoms with Crippen molar-refractivity contribution in [2.45, 2.75) is 13.8 Å². The zero-order valence-electron chi connectivity index (χ0n) is 9.37. The predicted molar refractivity (Wildman–Crippen MR) is 70.7 cm³/mol. The Morgan fingerprint density at radius 3 is 2.71 bits per heavy atom. The Bertz CT molecular complexity index is 560. The van der Waals surface area contributed by atoms with Gasteiger partial charge in [-0.05, 0) is 49.2 Å². The summed E-state index contributed by atoms with van der Waals surface area (Å²) in [5.41, 5.74) is 1.94. The molecule has 0 fully saturated rings. The summed E-state index contributed by atoms with van der Waals surface area (Å²) < 4.78 is 6.71. The van der Waals surface area contributed by atoms with Crippen LogP contribution in [0, 0.1) is 13.8 Å². The number of hydrogen-bond acceptors (Lipinski definition) is 3. The maximum Gasteiger partial charge on any atom is 0.226 e. The number of ether oxygens (including phenoxy) is 1. The normalized spacial score (nSPS) is 10.4. The number of aryl methyl sites for hydroxylation is 2. The van der Waals surface area contributed by atoms with Crippen LogP contribution < -0.4 is 4.74 Å². The Morgan fingerprint density at radius 1 is 1.24 bits per heavy atom. The molecular weight excluding hydrogens is 304 g/mol. The number of hydrogen-bond donors (Lipinski definition) is 0. The van der Waals surface area contributed by atoms with E-state index in [9.17, 15) is 0 Å². The molecule has 2 rings (SSSR count). The zero-order chi connectivity index (χ0) is 12.4. The second-order valence-electron chi connectivity index (χ2n) is 3.64. The molecule has 0 amide bonds. The molecule has 0 aliphatic heterocycles. The van der Waals surface area contributed by atoms with Gasteiger partial charge in [-0.15, -0.1) is 0 Å². The van der Waals surface area contributed by atoms with Gasteiger partial charge in [0.05, 0.1) is 0 Å². The lowest BCUT2D eigenvalue weighted by atomic mass is 10.2. The molecular formula is C12H10BrClN2O. The van der Waals surface area contributed by atoms with Crippen LogP contribution in [0.1, 0.15) is 11.1 Å². The molecule has 1 heterocycles. The molecule has 0 N–H and O–H groups in total. The molecule has 0 spiro atoms. The third-order valence-electron chi connectivity index (χ3n) is 2.24. The fourth-order valence-corrected chi connectivity index (χ4v) is 1.67. The smallest absolute Gasteiger partial charge is 0.226 e. The Kier molecular flexibility index (Phi) is 3.64. The van der Waals surface area contributed by atoms with Gasteiger partial charge in [-0.2, -0.15) is 4.98 Å². The van der Waals surface area contributed by atoms with E-state index in [4.69, 9.17) is 16.3 Å². The summed E-state index contributed by atoms with van der Waals surface area (Å²) >= 11 is 9.17. The number of benzene rings is 1. The first-order valence-corrected chi connectivity index (χ1v) is 6.16. The van der Waals surface area contributed by atoms with Gasteiger partial charge in [0, 0.05) is 16.2 Å². The molecule has 0 bridgehead atoms. The quantitative estimate of drug-likeness (QED) is 0.775. The fourth-order valence-electron chi connectivity index (χ4n) is 1.30. The van der Waals surface area contributed by atoms with E-state index in [2.05, 4.69) is 25.9 Å². The average molecular weight is 314 g/mol. The molecule has 0 unspecified atom stereocenters. The Labute approximate surface area is 113 Å². The van der Waals surface area contributed by atoms with Crippen LogP contribution in [0.3, 0.4) is 0 Å². The van der Waals surface area contributed by atoms with Gasteiger partial charge in [-0.1, -0.05) is 15.9 Å². The third-order valence-corrected chi connectivity index (χ3v) is 3.31. The van der Waals surface area contributed by atoms with E-state index in [1.807, 2.05) is 32.0 Å². The van der Waals surface area contributed by atoms with Crippen molar-refractivity contribution >= 4 is 27.5 Å². The summed E-state index contributed by atoms with van der Waals surface area (Å²) in [4.78, 5) is 7.92. The van der Waals surface area contributed by atoms with Crippen molar-refractivity contribution in [1.82, 2.24) is 9.97 Å². The first-order chi connectivity index (χ1) is 8.06. The van der Waals surface area contributed by atoms with Gasteiger partial charge < -0.3 is 4.74 Å². The van der Waals surface area contributed by atoms with Crippen LogP contribution in [-0.4, -0.2) is 9.97 Å². The molecule has 1 aromatic heterocycles. The molecule has 0 aliphatic carbocycles. The maximum absolute atomic E-state index is 5.73. The van der Waals surface area contributed by atoms with E-state index in [1.165, 1.54) is 0 Å². The summed E-state index contributed by atoms with van der Waals surface area (Å²) in [7, 11) is 0. The molecule has 17 heavy (non-hydrogen) atoms. The van der Waals surface area contributed by atoms with Crippen LogP contribution in [0.5, 0.6) is 11.6 Å². The molecule has 0 atom stereocenters. The van der Waals surface area contributed by atoms with Gasteiger partial charge >= 0.3 is 0 Å². The highest BCUT2D eigenvalue weighted by Crippen LogP contribution is 2.27. The van der Waals surface area contributed by atoms with Gasteiger partial charge in [0.25, 0.3) is 0 Å². The van der Waals surface area contributed by atoms with Crippen LogP contribution in [0.15, 0.2) is 28.9 Å². The topological polar surface area (TPSA) is 35.0 Å². The summed E-state index contributed by atoms with van der Waals surface area (Å²) in [5.74, 6) is 1.20. The molecule has 3 nitrogen and oxygen atoms in total. The second-order valence-corrected chi connectivity index (χ2v) is 4.83. The van der Waals surface area contributed by atoms with Crippen LogP contribution in [0.4, 0.5) is 0 Å². The highest BCUT2D eigenvalue weighted by molar-refractivity contribution is 9.10. The largest absolute Gasteiger partial charge is 0.439 e. The minimum Gasteiger partial charge on any atom is -0.439 e. The molecule has 1 aromatic carbocycles. The lowest BCUT2D eigenvalue weighted by Crippen LogP contribution is -1.94. The van der Waals surface area contributed by atoms with Crippen molar-refractivity contribution in [3.8, 4) is 11.6 Å². The summed E-state index contributed by atoms with van der Waals surface area (Å²) in [6.45, 7) is 3.87. The van der Waals surface area contributed by atoms with E-state index in [1.54, 1.807) is 6.20 Å². The van der Waals surface area contributed by atoms with E-state index in [0.29, 0.717) is 5.88 Å². The predicted octanol–water partition coefficient (Wildman–Crippen LogP) is 4.30. The molecule has 2 aromatic rings.